The van der Waals surface area contributed by atoms with E-state index in [2.05, 4.69) is 20.9 Å². The number of rotatable bonds is 8. The van der Waals surface area contributed by atoms with Crippen LogP contribution in [-0.2, 0) is 14.9 Å². The number of aromatic nitrogens is 1. The Morgan fingerprint density at radius 1 is 1.03 bits per heavy atom. The number of nitrogens with zero attached hydrogens (tertiary/aromatic N) is 4. The third-order valence-corrected chi connectivity index (χ3v) is 7.76. The lowest BCUT2D eigenvalue weighted by atomic mass is 9.71. The Balaban J connectivity index is 1.53. The molecule has 2 aliphatic rings. The lowest BCUT2D eigenvalue weighted by molar-refractivity contribution is -0.120. The molecule has 0 saturated carbocycles. The monoisotopic (exact) mass is 490 g/mol. The van der Waals surface area contributed by atoms with Gasteiger partial charge in [0.05, 0.1) is 16.7 Å². The van der Waals surface area contributed by atoms with Crippen LogP contribution in [0.15, 0.2) is 42.6 Å². The Kier molecular flexibility index (Phi) is 8.25. The molecule has 8 heteroatoms. The van der Waals surface area contributed by atoms with Crippen molar-refractivity contribution < 1.29 is 9.53 Å². The van der Waals surface area contributed by atoms with Gasteiger partial charge in [0.1, 0.15) is 5.82 Å². The summed E-state index contributed by atoms with van der Waals surface area (Å²) in [4.78, 5) is 24.2. The van der Waals surface area contributed by atoms with E-state index >= 15 is 0 Å². The molecule has 1 amide bonds. The first-order valence-electron chi connectivity index (χ1n) is 11.6. The van der Waals surface area contributed by atoms with E-state index in [-0.39, 0.29) is 11.3 Å². The van der Waals surface area contributed by atoms with E-state index in [1.165, 1.54) is 0 Å². The zero-order chi connectivity index (χ0) is 23.3. The minimum Gasteiger partial charge on any atom is -0.383 e. The molecule has 0 bridgehead atoms. The number of piperazine rings is 1. The molecular weight excluding hydrogens is 459 g/mol. The fourth-order valence-electron chi connectivity index (χ4n) is 4.91. The number of halogens is 2. The topological polar surface area (TPSA) is 48.9 Å². The van der Waals surface area contributed by atoms with Crippen LogP contribution in [0.25, 0.3) is 0 Å². The van der Waals surface area contributed by atoms with Gasteiger partial charge >= 0.3 is 0 Å². The molecule has 33 heavy (non-hydrogen) atoms. The predicted octanol–water partition coefficient (Wildman–Crippen LogP) is 4.11. The van der Waals surface area contributed by atoms with Crippen molar-refractivity contribution in [3.05, 3.63) is 58.2 Å². The maximum Gasteiger partial charge on any atom is 0.228 e. The number of anilines is 1. The zero-order valence-corrected chi connectivity index (χ0v) is 20.7. The predicted molar refractivity (Wildman–Crippen MR) is 133 cm³/mol. The molecule has 3 heterocycles. The maximum absolute atomic E-state index is 12.9. The van der Waals surface area contributed by atoms with Crippen LogP contribution in [0.2, 0.25) is 10.0 Å². The summed E-state index contributed by atoms with van der Waals surface area (Å²) < 4.78 is 5.22. The van der Waals surface area contributed by atoms with Gasteiger partial charge in [0.15, 0.2) is 0 Å². The van der Waals surface area contributed by atoms with Gasteiger partial charge in [0.2, 0.25) is 5.91 Å². The molecule has 0 spiro atoms. The number of piperidine rings is 1. The summed E-state index contributed by atoms with van der Waals surface area (Å²) in [7, 11) is 1.75. The van der Waals surface area contributed by atoms with Crippen LogP contribution < -0.4 is 4.90 Å². The van der Waals surface area contributed by atoms with E-state index in [1.54, 1.807) is 13.3 Å². The van der Waals surface area contributed by atoms with Crippen molar-refractivity contribution in [2.75, 3.05) is 64.4 Å². The molecule has 4 rings (SSSR count). The second kappa shape index (κ2) is 11.2. The molecule has 0 unspecified atom stereocenters. The number of benzene rings is 1. The van der Waals surface area contributed by atoms with E-state index in [4.69, 9.17) is 27.9 Å². The normalized spacial score (nSPS) is 22.6. The number of methoxy groups -OCH3 is 1. The summed E-state index contributed by atoms with van der Waals surface area (Å²) in [6, 6.07) is 11.6. The van der Waals surface area contributed by atoms with E-state index in [0.717, 1.165) is 64.3 Å². The minimum absolute atomic E-state index is 0.121. The Bertz CT molecular complexity index is 937. The summed E-state index contributed by atoms with van der Waals surface area (Å²) in [6.45, 7) is 7.53. The molecule has 2 aliphatic heterocycles. The first-order valence-corrected chi connectivity index (χ1v) is 12.4. The third kappa shape index (κ3) is 5.87. The number of amides is 1. The average Bonchev–Trinajstić information content (AvgIpc) is 2.85. The highest BCUT2D eigenvalue weighted by Gasteiger charge is 2.41. The van der Waals surface area contributed by atoms with Gasteiger partial charge in [-0.1, -0.05) is 35.3 Å². The first kappa shape index (κ1) is 24.4. The van der Waals surface area contributed by atoms with Crippen LogP contribution in [0.3, 0.4) is 0 Å². The lowest BCUT2D eigenvalue weighted by Crippen LogP contribution is -2.52. The highest BCUT2D eigenvalue weighted by Crippen LogP contribution is 2.41. The van der Waals surface area contributed by atoms with Gasteiger partial charge in [-0.25, -0.2) is 4.98 Å². The number of pyridine rings is 1. The Hall–Kier alpha value is -1.70. The van der Waals surface area contributed by atoms with Gasteiger partial charge < -0.3 is 9.64 Å². The summed E-state index contributed by atoms with van der Waals surface area (Å²) in [6.07, 6.45) is 3.96. The van der Waals surface area contributed by atoms with Crippen LogP contribution in [0.4, 0.5) is 5.82 Å². The SMILES string of the molecule is COCCN1CCN(CC[C@]2(c3ccc(Cl)c(Cl)c3)CCC(=O)N(c3ccccn3)C2)CC1. The number of ether oxygens (including phenoxy) is 1. The van der Waals surface area contributed by atoms with Crippen LogP contribution in [-0.4, -0.2) is 80.2 Å². The highest BCUT2D eigenvalue weighted by molar-refractivity contribution is 6.42. The number of hydrogen-bond acceptors (Lipinski definition) is 5. The van der Waals surface area contributed by atoms with Crippen molar-refractivity contribution in [3.63, 3.8) is 0 Å². The quantitative estimate of drug-likeness (QED) is 0.557. The van der Waals surface area contributed by atoms with Gasteiger partial charge in [0.25, 0.3) is 0 Å². The van der Waals surface area contributed by atoms with Gasteiger partial charge in [-0.2, -0.15) is 0 Å². The average molecular weight is 491 g/mol. The van der Waals surface area contributed by atoms with Crippen LogP contribution >= 0.6 is 23.2 Å². The van der Waals surface area contributed by atoms with Crippen molar-refractivity contribution in [3.8, 4) is 0 Å². The highest BCUT2D eigenvalue weighted by atomic mass is 35.5. The summed E-state index contributed by atoms with van der Waals surface area (Å²) in [5, 5.41) is 1.11. The van der Waals surface area contributed by atoms with E-state index in [0.29, 0.717) is 28.8 Å². The molecule has 6 nitrogen and oxygen atoms in total. The summed E-state index contributed by atoms with van der Waals surface area (Å²) >= 11 is 12.7. The van der Waals surface area contributed by atoms with Crippen LogP contribution in [0, 0.1) is 0 Å². The minimum atomic E-state index is -0.202. The molecule has 2 saturated heterocycles. The van der Waals surface area contributed by atoms with Crippen molar-refractivity contribution in [1.29, 1.82) is 0 Å². The molecule has 0 radical (unpaired) electrons. The van der Waals surface area contributed by atoms with Crippen LogP contribution in [0.1, 0.15) is 24.8 Å². The molecular formula is C25H32Cl2N4O2. The van der Waals surface area contributed by atoms with Gasteiger partial charge in [-0.05, 0) is 49.2 Å². The number of hydrogen-bond donors (Lipinski definition) is 0. The fraction of sp³-hybridized carbons (Fsp3) is 0.520. The van der Waals surface area contributed by atoms with Gasteiger partial charge in [-0.3, -0.25) is 14.6 Å². The molecule has 178 valence electrons. The molecule has 2 fully saturated rings. The zero-order valence-electron chi connectivity index (χ0n) is 19.2. The first-order chi connectivity index (χ1) is 16.0. The molecule has 0 aliphatic carbocycles. The third-order valence-electron chi connectivity index (χ3n) is 7.02. The lowest BCUT2D eigenvalue weighted by Gasteiger charge is -2.44. The van der Waals surface area contributed by atoms with E-state index < -0.39 is 0 Å². The second-order valence-electron chi connectivity index (χ2n) is 9.00. The summed E-state index contributed by atoms with van der Waals surface area (Å²) in [5.74, 6) is 0.828. The smallest absolute Gasteiger partial charge is 0.228 e. The summed E-state index contributed by atoms with van der Waals surface area (Å²) in [5.41, 5.74) is 0.941. The van der Waals surface area contributed by atoms with Crippen molar-refractivity contribution in [2.45, 2.75) is 24.7 Å². The van der Waals surface area contributed by atoms with Crippen molar-refractivity contribution >= 4 is 34.9 Å². The Morgan fingerprint density at radius 3 is 2.45 bits per heavy atom. The number of carbonyl (C=O) groups excluding carboxylic acids is 1. The van der Waals surface area contributed by atoms with E-state index in [9.17, 15) is 4.79 Å². The van der Waals surface area contributed by atoms with E-state index in [1.807, 2.05) is 35.2 Å². The van der Waals surface area contributed by atoms with Crippen molar-refractivity contribution in [1.82, 2.24) is 14.8 Å². The Morgan fingerprint density at radius 2 is 1.79 bits per heavy atom. The van der Waals surface area contributed by atoms with Crippen LogP contribution in [0.5, 0.6) is 0 Å². The molecule has 1 aromatic carbocycles. The molecule has 1 atom stereocenters. The standard InChI is InChI=1S/C25H32Cl2N4O2/c1-33-17-16-30-14-12-29(13-15-30)11-9-25(20-5-6-21(26)22(27)18-20)8-7-24(32)31(19-25)23-4-2-3-10-28-23/h2-6,10,18H,7-9,11-17,19H2,1H3/t25-/m1/s1. The molecule has 1 aromatic heterocycles. The van der Waals surface area contributed by atoms with Gasteiger partial charge in [-0.15, -0.1) is 0 Å². The van der Waals surface area contributed by atoms with Gasteiger partial charge in [0, 0.05) is 64.4 Å². The number of carbonyl (C=O) groups is 1. The maximum atomic E-state index is 12.9. The van der Waals surface area contributed by atoms with Crippen molar-refractivity contribution in [2.24, 2.45) is 0 Å². The Labute approximate surface area is 206 Å². The molecule has 0 N–H and O–H groups in total. The largest absolute Gasteiger partial charge is 0.383 e. The molecule has 2 aromatic rings. The fourth-order valence-corrected chi connectivity index (χ4v) is 5.21. The second-order valence-corrected chi connectivity index (χ2v) is 9.82.